The molecule has 0 radical (unpaired) electrons. The van der Waals surface area contributed by atoms with E-state index in [2.05, 4.69) is 10.0 Å². The van der Waals surface area contributed by atoms with Crippen LogP contribution in [0.5, 0.6) is 0 Å². The van der Waals surface area contributed by atoms with Gasteiger partial charge >= 0.3 is 6.09 Å². The maximum Gasteiger partial charge on any atom is 0.410 e. The van der Waals surface area contributed by atoms with Crippen molar-refractivity contribution in [2.24, 2.45) is 5.11 Å². The van der Waals surface area contributed by atoms with Gasteiger partial charge in [0.15, 0.2) is 0 Å². The average Bonchev–Trinajstić information content (AvgIpc) is 2.37. The van der Waals surface area contributed by atoms with Gasteiger partial charge in [-0.3, -0.25) is 0 Å². The van der Waals surface area contributed by atoms with E-state index in [9.17, 15) is 4.79 Å². The lowest BCUT2D eigenvalue weighted by molar-refractivity contribution is 0.0224. The number of ether oxygens (including phenoxy) is 1. The molecule has 6 nitrogen and oxygen atoms in total. The molecule has 1 heterocycles. The van der Waals surface area contributed by atoms with Crippen molar-refractivity contribution >= 4 is 11.8 Å². The van der Waals surface area contributed by atoms with Gasteiger partial charge in [-0.15, -0.1) is 0 Å². The van der Waals surface area contributed by atoms with Crippen LogP contribution < -0.4 is 0 Å². The lowest BCUT2D eigenvalue weighted by Crippen LogP contribution is -2.39. The first-order chi connectivity index (χ1) is 9.40. The van der Waals surface area contributed by atoms with Crippen molar-refractivity contribution in [2.75, 3.05) is 6.54 Å². The van der Waals surface area contributed by atoms with Gasteiger partial charge in [0.05, 0.1) is 0 Å². The van der Waals surface area contributed by atoms with Gasteiger partial charge < -0.3 is 9.64 Å². The Morgan fingerprint density at radius 2 is 2.20 bits per heavy atom. The lowest BCUT2D eigenvalue weighted by atomic mass is 9.98. The fraction of sp³-hybridized carbons (Fsp3) is 0.500. The minimum Gasteiger partial charge on any atom is -0.444 e. The average molecular weight is 274 g/mol. The van der Waals surface area contributed by atoms with E-state index in [1.807, 2.05) is 32.9 Å². The molecule has 6 heteroatoms. The zero-order chi connectivity index (χ0) is 14.8. The molecule has 1 amide bonds. The van der Waals surface area contributed by atoms with Crippen molar-refractivity contribution in [3.8, 4) is 0 Å². The van der Waals surface area contributed by atoms with Crippen molar-refractivity contribution in [1.29, 1.82) is 0 Å². The Labute approximate surface area is 118 Å². The fourth-order valence-corrected chi connectivity index (χ4v) is 2.19. The van der Waals surface area contributed by atoms with Gasteiger partial charge in [0.2, 0.25) is 0 Å². The van der Waals surface area contributed by atoms with Gasteiger partial charge in [0.25, 0.3) is 0 Å². The number of carbonyl (C=O) groups is 1. The van der Waals surface area contributed by atoms with E-state index in [1.54, 1.807) is 11.0 Å². The summed E-state index contributed by atoms with van der Waals surface area (Å²) in [5, 5.41) is 3.69. The van der Waals surface area contributed by atoms with Gasteiger partial charge in [-0.1, -0.05) is 23.3 Å². The Balaban J connectivity index is 2.22. The van der Waals surface area contributed by atoms with Crippen LogP contribution in [-0.2, 0) is 17.7 Å². The Hall–Kier alpha value is -2.20. The largest absolute Gasteiger partial charge is 0.444 e. The SMILES string of the molecule is CC(C)(C)OC(=O)N1CCc2cccc(N=[N+]=[N-])c2C1. The van der Waals surface area contributed by atoms with E-state index in [0.717, 1.165) is 17.5 Å². The van der Waals surface area contributed by atoms with Crippen molar-refractivity contribution in [1.82, 2.24) is 4.90 Å². The number of carbonyl (C=O) groups excluding carboxylic acids is 1. The number of azide groups is 1. The number of hydrogen-bond donors (Lipinski definition) is 0. The van der Waals surface area contributed by atoms with Gasteiger partial charge in [0.1, 0.15) is 5.60 Å². The monoisotopic (exact) mass is 274 g/mol. The van der Waals surface area contributed by atoms with Crippen LogP contribution in [0.4, 0.5) is 10.5 Å². The highest BCUT2D eigenvalue weighted by Crippen LogP contribution is 2.29. The van der Waals surface area contributed by atoms with E-state index in [-0.39, 0.29) is 6.09 Å². The smallest absolute Gasteiger partial charge is 0.410 e. The second kappa shape index (κ2) is 5.43. The molecule has 1 aromatic carbocycles. The Bertz CT molecular complexity index is 571. The maximum atomic E-state index is 12.1. The molecule has 0 saturated heterocycles. The summed E-state index contributed by atoms with van der Waals surface area (Å²) in [6.45, 7) is 6.55. The van der Waals surface area contributed by atoms with Crippen LogP contribution in [-0.4, -0.2) is 23.1 Å². The molecule has 0 N–H and O–H groups in total. The van der Waals surface area contributed by atoms with E-state index in [4.69, 9.17) is 10.3 Å². The second-order valence-corrected chi connectivity index (χ2v) is 5.76. The highest BCUT2D eigenvalue weighted by molar-refractivity contribution is 5.69. The molecule has 0 bridgehead atoms. The summed E-state index contributed by atoms with van der Waals surface area (Å²) in [6.07, 6.45) is 0.405. The predicted octanol–water partition coefficient (Wildman–Crippen LogP) is 3.92. The lowest BCUT2D eigenvalue weighted by Gasteiger charge is -2.31. The molecule has 1 aliphatic heterocycles. The molecular weight excluding hydrogens is 256 g/mol. The highest BCUT2D eigenvalue weighted by Gasteiger charge is 2.26. The van der Waals surface area contributed by atoms with Crippen molar-refractivity contribution in [3.63, 3.8) is 0 Å². The van der Waals surface area contributed by atoms with Crippen LogP contribution in [0.1, 0.15) is 31.9 Å². The van der Waals surface area contributed by atoms with E-state index in [1.165, 1.54) is 0 Å². The standard InChI is InChI=1S/C14H18N4O2/c1-14(2,3)20-13(19)18-8-7-10-5-4-6-12(16-17-15)11(10)9-18/h4-6H,7-9H2,1-3H3. The van der Waals surface area contributed by atoms with Gasteiger partial charge in [-0.05, 0) is 43.9 Å². The first-order valence-electron chi connectivity index (χ1n) is 6.54. The van der Waals surface area contributed by atoms with Gasteiger partial charge in [0, 0.05) is 23.7 Å². The first-order valence-corrected chi connectivity index (χ1v) is 6.54. The van der Waals surface area contributed by atoms with Crippen LogP contribution in [0, 0.1) is 0 Å². The molecule has 0 fully saturated rings. The van der Waals surface area contributed by atoms with E-state index >= 15 is 0 Å². The predicted molar refractivity (Wildman–Crippen MR) is 75.6 cm³/mol. The third-order valence-corrected chi connectivity index (χ3v) is 3.05. The van der Waals surface area contributed by atoms with Gasteiger partial charge in [-0.2, -0.15) is 0 Å². The third kappa shape index (κ3) is 3.22. The van der Waals surface area contributed by atoms with Gasteiger partial charge in [-0.25, -0.2) is 4.79 Å². The maximum absolute atomic E-state index is 12.1. The molecule has 0 aromatic heterocycles. The second-order valence-electron chi connectivity index (χ2n) is 5.76. The van der Waals surface area contributed by atoms with Crippen molar-refractivity contribution in [3.05, 3.63) is 39.8 Å². The zero-order valence-electron chi connectivity index (χ0n) is 12.0. The molecule has 0 saturated carbocycles. The van der Waals surface area contributed by atoms with Crippen LogP contribution >= 0.6 is 0 Å². The van der Waals surface area contributed by atoms with Crippen LogP contribution in [0.15, 0.2) is 23.3 Å². The topological polar surface area (TPSA) is 78.3 Å². The quantitative estimate of drug-likeness (QED) is 0.442. The molecule has 1 aliphatic rings. The first kappa shape index (κ1) is 14.2. The third-order valence-electron chi connectivity index (χ3n) is 3.05. The van der Waals surface area contributed by atoms with Crippen LogP contribution in [0.25, 0.3) is 10.4 Å². The Morgan fingerprint density at radius 3 is 2.85 bits per heavy atom. The number of amides is 1. The summed E-state index contributed by atoms with van der Waals surface area (Å²) < 4.78 is 5.38. The van der Waals surface area contributed by atoms with Crippen molar-refractivity contribution in [2.45, 2.75) is 39.3 Å². The Kier molecular flexibility index (Phi) is 3.86. The Morgan fingerprint density at radius 1 is 1.45 bits per heavy atom. The molecule has 0 aliphatic carbocycles. The molecule has 20 heavy (non-hydrogen) atoms. The van der Waals surface area contributed by atoms with Crippen LogP contribution in [0.2, 0.25) is 0 Å². The molecule has 0 atom stereocenters. The summed E-state index contributed by atoms with van der Waals surface area (Å²) in [4.78, 5) is 16.6. The number of rotatable bonds is 1. The number of fused-ring (bicyclic) bond motifs is 1. The van der Waals surface area contributed by atoms with Crippen LogP contribution in [0.3, 0.4) is 0 Å². The van der Waals surface area contributed by atoms with Crippen molar-refractivity contribution < 1.29 is 9.53 Å². The summed E-state index contributed by atoms with van der Waals surface area (Å²) >= 11 is 0. The normalized spacial score (nSPS) is 14.2. The molecule has 1 aromatic rings. The fourth-order valence-electron chi connectivity index (χ4n) is 2.19. The number of nitrogens with zero attached hydrogens (tertiary/aromatic N) is 4. The summed E-state index contributed by atoms with van der Waals surface area (Å²) in [6, 6.07) is 5.63. The minimum atomic E-state index is -0.512. The highest BCUT2D eigenvalue weighted by atomic mass is 16.6. The zero-order valence-corrected chi connectivity index (χ0v) is 12.0. The summed E-state index contributed by atoms with van der Waals surface area (Å²) in [5.41, 5.74) is 10.7. The number of benzene rings is 1. The molecular formula is C14H18N4O2. The summed E-state index contributed by atoms with van der Waals surface area (Å²) in [5.74, 6) is 0. The van der Waals surface area contributed by atoms with E-state index < -0.39 is 5.60 Å². The van der Waals surface area contributed by atoms with E-state index in [0.29, 0.717) is 18.8 Å². The molecule has 2 rings (SSSR count). The molecule has 0 spiro atoms. The minimum absolute atomic E-state index is 0.334. The number of hydrogen-bond acceptors (Lipinski definition) is 3. The molecule has 0 unspecified atom stereocenters. The summed E-state index contributed by atoms with van der Waals surface area (Å²) in [7, 11) is 0. The molecule has 106 valence electrons.